The normalized spacial score (nSPS) is 23.7. The van der Waals surface area contributed by atoms with Gasteiger partial charge in [-0.2, -0.15) is 0 Å². The number of ether oxygens (including phenoxy) is 1. The van der Waals surface area contributed by atoms with E-state index in [-0.39, 0.29) is 17.9 Å². The van der Waals surface area contributed by atoms with Crippen LogP contribution in [0.3, 0.4) is 0 Å². The minimum absolute atomic E-state index is 0.00247. The van der Waals surface area contributed by atoms with E-state index in [1.165, 1.54) is 0 Å². The number of esters is 1. The number of amides is 1. The van der Waals surface area contributed by atoms with Crippen LogP contribution in [-0.2, 0) is 20.9 Å². The van der Waals surface area contributed by atoms with E-state index < -0.39 is 0 Å². The van der Waals surface area contributed by atoms with E-state index in [9.17, 15) is 9.59 Å². The Labute approximate surface area is 136 Å². The molecule has 0 spiro atoms. The summed E-state index contributed by atoms with van der Waals surface area (Å²) in [5.74, 6) is -0.227. The van der Waals surface area contributed by atoms with E-state index in [4.69, 9.17) is 4.74 Å². The summed E-state index contributed by atoms with van der Waals surface area (Å²) in [5.41, 5.74) is 2.80. The van der Waals surface area contributed by atoms with E-state index in [1.807, 2.05) is 48.2 Å². The Morgan fingerprint density at radius 2 is 2.04 bits per heavy atom. The summed E-state index contributed by atoms with van der Waals surface area (Å²) in [6.07, 6.45) is 5.88. The summed E-state index contributed by atoms with van der Waals surface area (Å²) in [6, 6.07) is 9.89. The second-order valence-corrected chi connectivity index (χ2v) is 5.99. The predicted octanol–water partition coefficient (Wildman–Crippen LogP) is 3.00. The van der Waals surface area contributed by atoms with Gasteiger partial charge in [-0.15, -0.1) is 0 Å². The van der Waals surface area contributed by atoms with E-state index in [0.29, 0.717) is 19.6 Å². The number of carbonyl (C=O) groups excluding carboxylic acids is 2. The first-order valence-electron chi connectivity index (χ1n) is 8.04. The molecule has 0 N–H and O–H groups in total. The summed E-state index contributed by atoms with van der Waals surface area (Å²) in [4.78, 5) is 26.3. The van der Waals surface area contributed by atoms with Crippen LogP contribution in [0.4, 0.5) is 0 Å². The first-order chi connectivity index (χ1) is 11.2. The lowest BCUT2D eigenvalue weighted by Gasteiger charge is -2.31. The number of cyclic esters (lactones) is 1. The number of rotatable bonds is 3. The van der Waals surface area contributed by atoms with Gasteiger partial charge in [-0.25, -0.2) is 4.79 Å². The second-order valence-electron chi connectivity index (χ2n) is 5.99. The van der Waals surface area contributed by atoms with Crippen molar-refractivity contribution in [3.63, 3.8) is 0 Å². The lowest BCUT2D eigenvalue weighted by atomic mass is 9.96. The fourth-order valence-corrected chi connectivity index (χ4v) is 3.26. The Balaban J connectivity index is 1.92. The third kappa shape index (κ3) is 3.36. The molecular weight excluding hydrogens is 290 g/mol. The van der Waals surface area contributed by atoms with Gasteiger partial charge in [0.15, 0.2) is 0 Å². The number of carbonyl (C=O) groups is 2. The standard InChI is InChI=1S/C19H21NO3/c1-14(16-11-12-23-19(16)22)17-9-5-6-10-18(21)20(17)13-15-7-3-2-4-8-15/h2-4,6-8,10,17H,5,9,11-13H2,1H3/b16-14-/t17-/m1/s1. The topological polar surface area (TPSA) is 46.6 Å². The highest BCUT2D eigenvalue weighted by molar-refractivity contribution is 5.92. The van der Waals surface area contributed by atoms with Crippen molar-refractivity contribution < 1.29 is 14.3 Å². The SMILES string of the molecule is C/C(=C1\CCOC1=O)[C@H]1CCC=CC(=O)N1Cc1ccccc1. The largest absolute Gasteiger partial charge is 0.462 e. The van der Waals surface area contributed by atoms with Gasteiger partial charge in [-0.05, 0) is 37.0 Å². The van der Waals surface area contributed by atoms with E-state index in [1.54, 1.807) is 6.08 Å². The van der Waals surface area contributed by atoms with Crippen molar-refractivity contribution in [2.75, 3.05) is 6.61 Å². The van der Waals surface area contributed by atoms with Crippen LogP contribution in [0.1, 0.15) is 31.7 Å². The Morgan fingerprint density at radius 1 is 1.26 bits per heavy atom. The van der Waals surface area contributed by atoms with Gasteiger partial charge in [0.1, 0.15) is 0 Å². The molecule has 0 aromatic heterocycles. The molecule has 4 heteroatoms. The van der Waals surface area contributed by atoms with Gasteiger partial charge in [0, 0.05) is 18.5 Å². The molecule has 1 aromatic carbocycles. The van der Waals surface area contributed by atoms with Crippen molar-refractivity contribution in [3.05, 3.63) is 59.2 Å². The predicted molar refractivity (Wildman–Crippen MR) is 87.4 cm³/mol. The third-order valence-corrected chi connectivity index (χ3v) is 4.53. The zero-order valence-electron chi connectivity index (χ0n) is 13.3. The molecule has 2 heterocycles. The maximum Gasteiger partial charge on any atom is 0.334 e. The summed E-state index contributed by atoms with van der Waals surface area (Å²) >= 11 is 0. The van der Waals surface area contributed by atoms with Crippen molar-refractivity contribution >= 4 is 11.9 Å². The molecule has 120 valence electrons. The zero-order valence-corrected chi connectivity index (χ0v) is 13.3. The van der Waals surface area contributed by atoms with Crippen molar-refractivity contribution in [1.82, 2.24) is 4.90 Å². The molecule has 0 bridgehead atoms. The molecule has 3 rings (SSSR count). The molecule has 23 heavy (non-hydrogen) atoms. The van der Waals surface area contributed by atoms with Gasteiger partial charge in [0.2, 0.25) is 5.91 Å². The van der Waals surface area contributed by atoms with Gasteiger partial charge in [0.25, 0.3) is 0 Å². The van der Waals surface area contributed by atoms with E-state index in [0.717, 1.165) is 29.6 Å². The average molecular weight is 311 g/mol. The van der Waals surface area contributed by atoms with Crippen LogP contribution in [0.2, 0.25) is 0 Å². The second kappa shape index (κ2) is 6.82. The van der Waals surface area contributed by atoms with E-state index >= 15 is 0 Å². The Bertz CT molecular complexity index is 660. The first kappa shape index (κ1) is 15.5. The first-order valence-corrected chi connectivity index (χ1v) is 8.04. The van der Waals surface area contributed by atoms with Gasteiger partial charge in [-0.3, -0.25) is 4.79 Å². The van der Waals surface area contributed by atoms with Crippen molar-refractivity contribution in [1.29, 1.82) is 0 Å². The van der Waals surface area contributed by atoms with Crippen LogP contribution < -0.4 is 0 Å². The Hall–Kier alpha value is -2.36. The highest BCUT2D eigenvalue weighted by Gasteiger charge is 2.30. The minimum atomic E-state index is -0.230. The molecular formula is C19H21NO3. The van der Waals surface area contributed by atoms with Crippen LogP contribution in [0.15, 0.2) is 53.6 Å². The summed E-state index contributed by atoms with van der Waals surface area (Å²) < 4.78 is 5.07. The fraction of sp³-hybridized carbons (Fsp3) is 0.368. The van der Waals surface area contributed by atoms with Crippen LogP contribution in [-0.4, -0.2) is 29.4 Å². The molecule has 0 unspecified atom stereocenters. The number of allylic oxidation sites excluding steroid dienone is 1. The monoisotopic (exact) mass is 311 g/mol. The molecule has 1 atom stereocenters. The van der Waals surface area contributed by atoms with Gasteiger partial charge >= 0.3 is 5.97 Å². The van der Waals surface area contributed by atoms with Gasteiger partial charge < -0.3 is 9.64 Å². The smallest absolute Gasteiger partial charge is 0.334 e. The van der Waals surface area contributed by atoms with Crippen LogP contribution in [0.25, 0.3) is 0 Å². The van der Waals surface area contributed by atoms with Crippen molar-refractivity contribution in [2.45, 2.75) is 38.8 Å². The Kier molecular flexibility index (Phi) is 4.60. The summed E-state index contributed by atoms with van der Waals surface area (Å²) in [6.45, 7) is 2.96. The maximum atomic E-state index is 12.5. The average Bonchev–Trinajstić information content (AvgIpc) is 2.91. The molecule has 1 saturated heterocycles. The lowest BCUT2D eigenvalue weighted by molar-refractivity contribution is -0.135. The molecule has 1 amide bonds. The van der Waals surface area contributed by atoms with Gasteiger partial charge in [-0.1, -0.05) is 36.4 Å². The number of hydrogen-bond donors (Lipinski definition) is 0. The van der Waals surface area contributed by atoms with Crippen LogP contribution in [0.5, 0.6) is 0 Å². The molecule has 0 aliphatic carbocycles. The highest BCUT2D eigenvalue weighted by Crippen LogP contribution is 2.28. The van der Waals surface area contributed by atoms with Crippen molar-refractivity contribution in [2.24, 2.45) is 0 Å². The maximum absolute atomic E-state index is 12.5. The number of nitrogens with zero attached hydrogens (tertiary/aromatic N) is 1. The van der Waals surface area contributed by atoms with Crippen molar-refractivity contribution in [3.8, 4) is 0 Å². The summed E-state index contributed by atoms with van der Waals surface area (Å²) in [5, 5.41) is 0. The van der Waals surface area contributed by atoms with E-state index in [2.05, 4.69) is 0 Å². The number of benzene rings is 1. The highest BCUT2D eigenvalue weighted by atomic mass is 16.5. The fourth-order valence-electron chi connectivity index (χ4n) is 3.26. The van der Waals surface area contributed by atoms with Crippen LogP contribution >= 0.6 is 0 Å². The molecule has 2 aliphatic heterocycles. The lowest BCUT2D eigenvalue weighted by Crippen LogP contribution is -2.39. The zero-order chi connectivity index (χ0) is 16.2. The minimum Gasteiger partial charge on any atom is -0.462 e. The summed E-state index contributed by atoms with van der Waals surface area (Å²) in [7, 11) is 0. The Morgan fingerprint density at radius 3 is 2.74 bits per heavy atom. The van der Waals surface area contributed by atoms with Crippen LogP contribution in [0, 0.1) is 0 Å². The third-order valence-electron chi connectivity index (χ3n) is 4.53. The molecule has 4 nitrogen and oxygen atoms in total. The van der Waals surface area contributed by atoms with Gasteiger partial charge in [0.05, 0.1) is 12.6 Å². The molecule has 2 aliphatic rings. The quantitative estimate of drug-likeness (QED) is 0.637. The molecule has 1 fully saturated rings. The molecule has 1 aromatic rings. The molecule has 0 saturated carbocycles. The molecule has 0 radical (unpaired) electrons. The number of hydrogen-bond acceptors (Lipinski definition) is 3.